The van der Waals surface area contributed by atoms with Crippen molar-refractivity contribution in [3.63, 3.8) is 0 Å². The molecule has 0 aliphatic carbocycles. The van der Waals surface area contributed by atoms with Gasteiger partial charge in [0.15, 0.2) is 0 Å². The fourth-order valence-corrected chi connectivity index (χ4v) is 2.52. The second kappa shape index (κ2) is 6.54. The van der Waals surface area contributed by atoms with Gasteiger partial charge in [0.05, 0.1) is 6.54 Å². The van der Waals surface area contributed by atoms with Crippen molar-refractivity contribution < 1.29 is 12.8 Å². The third kappa shape index (κ3) is 4.97. The summed E-state index contributed by atoms with van der Waals surface area (Å²) in [5, 5.41) is 3.06. The van der Waals surface area contributed by atoms with Crippen LogP contribution in [0, 0.1) is 5.41 Å². The molecule has 0 saturated heterocycles. The van der Waals surface area contributed by atoms with Crippen LogP contribution in [0.1, 0.15) is 39.9 Å². The lowest BCUT2D eigenvalue weighted by Gasteiger charge is -2.22. The molecule has 0 amide bonds. The summed E-state index contributed by atoms with van der Waals surface area (Å²) < 4.78 is 32.0. The van der Waals surface area contributed by atoms with Gasteiger partial charge in [0.1, 0.15) is 5.76 Å². The lowest BCUT2D eigenvalue weighted by Crippen LogP contribution is -2.33. The van der Waals surface area contributed by atoms with Gasteiger partial charge in [-0.2, -0.15) is 0 Å². The zero-order valence-electron chi connectivity index (χ0n) is 12.1. The third-order valence-electron chi connectivity index (χ3n) is 3.15. The molecular formula is C13H24N2O3S. The Morgan fingerprint density at radius 2 is 1.95 bits per heavy atom. The molecule has 110 valence electrons. The molecule has 1 aromatic rings. The summed E-state index contributed by atoms with van der Waals surface area (Å²) in [5.74, 6) is 0.622. The topological polar surface area (TPSA) is 71.3 Å². The fourth-order valence-electron chi connectivity index (χ4n) is 1.33. The molecule has 2 N–H and O–H groups in total. The number of nitrogens with one attached hydrogen (secondary N) is 2. The van der Waals surface area contributed by atoms with Crippen LogP contribution in [-0.4, -0.2) is 21.5 Å². The molecule has 0 aliphatic heterocycles. The normalized spacial score (nSPS) is 12.8. The van der Waals surface area contributed by atoms with Gasteiger partial charge in [-0.15, -0.1) is 0 Å². The Bertz CT molecular complexity index is 492. The van der Waals surface area contributed by atoms with Crippen molar-refractivity contribution >= 4 is 10.0 Å². The van der Waals surface area contributed by atoms with E-state index in [9.17, 15) is 8.42 Å². The largest absolute Gasteiger partial charge is 0.447 e. The molecule has 0 atom stereocenters. The molecule has 0 spiro atoms. The molecule has 19 heavy (non-hydrogen) atoms. The lowest BCUT2D eigenvalue weighted by atomic mass is 9.91. The van der Waals surface area contributed by atoms with Gasteiger partial charge in [-0.3, -0.25) is 0 Å². The Kier molecular flexibility index (Phi) is 5.58. The maximum absolute atomic E-state index is 12.1. The molecule has 1 heterocycles. The minimum Gasteiger partial charge on any atom is -0.447 e. The Hall–Kier alpha value is -0.850. The average Bonchev–Trinajstić information content (AvgIpc) is 2.84. The van der Waals surface area contributed by atoms with E-state index in [4.69, 9.17) is 4.42 Å². The molecule has 0 fully saturated rings. The number of hydrogen-bond acceptors (Lipinski definition) is 4. The third-order valence-corrected chi connectivity index (χ3v) is 4.42. The van der Waals surface area contributed by atoms with E-state index in [1.807, 2.05) is 27.7 Å². The van der Waals surface area contributed by atoms with Crippen LogP contribution in [0.25, 0.3) is 0 Å². The van der Waals surface area contributed by atoms with Crippen LogP contribution in [0.3, 0.4) is 0 Å². The molecule has 5 nitrogen and oxygen atoms in total. The summed E-state index contributed by atoms with van der Waals surface area (Å²) in [5.41, 5.74) is -0.0632. The summed E-state index contributed by atoms with van der Waals surface area (Å²) >= 11 is 0. The molecule has 0 saturated carbocycles. The quantitative estimate of drug-likeness (QED) is 0.768. The fraction of sp³-hybridized carbons (Fsp3) is 0.692. The maximum atomic E-state index is 12.1. The van der Waals surface area contributed by atoms with Crippen LogP contribution < -0.4 is 10.0 Å². The first-order chi connectivity index (χ1) is 8.80. The minimum absolute atomic E-state index is 0.0210. The molecule has 0 bridgehead atoms. The molecule has 0 aromatic carbocycles. The van der Waals surface area contributed by atoms with Gasteiger partial charge in [0.2, 0.25) is 5.09 Å². The molecule has 1 rings (SSSR count). The Morgan fingerprint density at radius 3 is 2.53 bits per heavy atom. The molecule has 0 unspecified atom stereocenters. The Morgan fingerprint density at radius 1 is 1.26 bits per heavy atom. The Balaban J connectivity index is 2.69. The van der Waals surface area contributed by atoms with Gasteiger partial charge in [0, 0.05) is 6.54 Å². The van der Waals surface area contributed by atoms with E-state index >= 15 is 0 Å². The smallest absolute Gasteiger partial charge is 0.273 e. The predicted molar refractivity (Wildman–Crippen MR) is 75.3 cm³/mol. The number of hydrogen-bond donors (Lipinski definition) is 2. The Labute approximate surface area is 115 Å². The van der Waals surface area contributed by atoms with Crippen molar-refractivity contribution in [2.45, 2.75) is 45.8 Å². The van der Waals surface area contributed by atoms with E-state index in [1.165, 1.54) is 6.07 Å². The summed E-state index contributed by atoms with van der Waals surface area (Å²) in [6, 6.07) is 3.18. The molecule has 6 heteroatoms. The van der Waals surface area contributed by atoms with Crippen molar-refractivity contribution in [1.82, 2.24) is 10.0 Å². The monoisotopic (exact) mass is 288 g/mol. The predicted octanol–water partition coefficient (Wildman–Crippen LogP) is 2.10. The number of furan rings is 1. The highest BCUT2D eigenvalue weighted by Crippen LogP contribution is 2.20. The molecule has 0 aliphatic rings. The van der Waals surface area contributed by atoms with Crippen molar-refractivity contribution in [2.75, 3.05) is 13.1 Å². The van der Waals surface area contributed by atoms with E-state index < -0.39 is 10.0 Å². The second-order valence-electron chi connectivity index (χ2n) is 5.34. The highest BCUT2D eigenvalue weighted by Gasteiger charge is 2.23. The number of rotatable bonds is 8. The van der Waals surface area contributed by atoms with Crippen LogP contribution >= 0.6 is 0 Å². The van der Waals surface area contributed by atoms with Gasteiger partial charge >= 0.3 is 0 Å². The van der Waals surface area contributed by atoms with Gasteiger partial charge in [-0.25, -0.2) is 13.1 Å². The number of sulfonamides is 1. The first kappa shape index (κ1) is 16.2. The molecule has 1 aromatic heterocycles. The van der Waals surface area contributed by atoms with Crippen LogP contribution in [0.2, 0.25) is 0 Å². The average molecular weight is 288 g/mol. The van der Waals surface area contributed by atoms with Crippen LogP contribution in [0.4, 0.5) is 0 Å². The first-order valence-corrected chi connectivity index (χ1v) is 8.08. The molecular weight excluding hydrogens is 264 g/mol. The van der Waals surface area contributed by atoms with Crippen molar-refractivity contribution in [1.29, 1.82) is 0 Å². The van der Waals surface area contributed by atoms with E-state index in [-0.39, 0.29) is 10.5 Å². The second-order valence-corrected chi connectivity index (χ2v) is 7.04. The van der Waals surface area contributed by atoms with Crippen molar-refractivity contribution in [3.8, 4) is 0 Å². The van der Waals surface area contributed by atoms with Crippen LogP contribution in [0.5, 0.6) is 0 Å². The highest BCUT2D eigenvalue weighted by atomic mass is 32.2. The van der Waals surface area contributed by atoms with Crippen LogP contribution in [0.15, 0.2) is 21.6 Å². The van der Waals surface area contributed by atoms with E-state index in [2.05, 4.69) is 10.0 Å². The van der Waals surface area contributed by atoms with Gasteiger partial charge < -0.3 is 9.73 Å². The standard InChI is InChI=1S/C13H24N2O3S/c1-5-13(3,4)10-15-19(16,17)12-8-7-11(18-12)9-14-6-2/h7-8,14-15H,5-6,9-10H2,1-4H3. The van der Waals surface area contributed by atoms with Gasteiger partial charge in [-0.05, 0) is 30.5 Å². The summed E-state index contributed by atoms with van der Waals surface area (Å²) in [6.07, 6.45) is 0.902. The van der Waals surface area contributed by atoms with Gasteiger partial charge in [-0.1, -0.05) is 27.7 Å². The van der Waals surface area contributed by atoms with Gasteiger partial charge in [0.25, 0.3) is 10.0 Å². The summed E-state index contributed by atoms with van der Waals surface area (Å²) in [6.45, 7) is 9.81. The van der Waals surface area contributed by atoms with E-state index in [1.54, 1.807) is 6.07 Å². The molecule has 0 radical (unpaired) electrons. The van der Waals surface area contributed by atoms with E-state index in [0.717, 1.165) is 13.0 Å². The summed E-state index contributed by atoms with van der Waals surface area (Å²) in [7, 11) is -3.55. The SMILES string of the molecule is CCNCc1ccc(S(=O)(=O)NCC(C)(C)CC)o1. The highest BCUT2D eigenvalue weighted by molar-refractivity contribution is 7.89. The van der Waals surface area contributed by atoms with Crippen LogP contribution in [-0.2, 0) is 16.6 Å². The zero-order valence-corrected chi connectivity index (χ0v) is 12.9. The lowest BCUT2D eigenvalue weighted by molar-refractivity contribution is 0.345. The first-order valence-electron chi connectivity index (χ1n) is 6.60. The van der Waals surface area contributed by atoms with Crippen molar-refractivity contribution in [2.24, 2.45) is 5.41 Å². The van der Waals surface area contributed by atoms with E-state index in [0.29, 0.717) is 18.8 Å². The summed E-state index contributed by atoms with van der Waals surface area (Å²) in [4.78, 5) is 0. The van der Waals surface area contributed by atoms with Crippen molar-refractivity contribution in [3.05, 3.63) is 17.9 Å². The zero-order chi connectivity index (χ0) is 14.5. The minimum atomic E-state index is -3.55. The maximum Gasteiger partial charge on any atom is 0.273 e.